The topological polar surface area (TPSA) is 136 Å². The molecule has 4 bridgehead atoms. The number of methoxy groups -OCH3 is 2. The Bertz CT molecular complexity index is 1500. The van der Waals surface area contributed by atoms with E-state index in [4.69, 9.17) is 47.9 Å². The fourth-order valence-corrected chi connectivity index (χ4v) is 7.05. The summed E-state index contributed by atoms with van der Waals surface area (Å²) in [4.78, 5) is 53.8. The first-order valence-corrected chi connectivity index (χ1v) is 16.6. The Morgan fingerprint density at radius 1 is 1.25 bits per heavy atom. The molecule has 3 aliphatic rings. The second-order valence-electron chi connectivity index (χ2n) is 13.0. The van der Waals surface area contributed by atoms with Crippen LogP contribution in [-0.2, 0) is 39.8 Å². The average molecular weight is 708 g/mol. The van der Waals surface area contributed by atoms with Crippen LogP contribution >= 0.6 is 24.2 Å². The first-order valence-electron chi connectivity index (χ1n) is 15.8. The lowest BCUT2D eigenvalue weighted by Crippen LogP contribution is -2.60. The number of benzene rings is 1. The highest BCUT2D eigenvalue weighted by molar-refractivity contribution is 7.81. The van der Waals surface area contributed by atoms with Crippen molar-refractivity contribution in [1.82, 2.24) is 10.2 Å². The molecule has 12 nitrogen and oxygen atoms in total. The minimum Gasteiger partial charge on any atom is -0.495 e. The molecule has 48 heavy (non-hydrogen) atoms. The number of amides is 3. The van der Waals surface area contributed by atoms with Crippen LogP contribution in [0.5, 0.6) is 5.75 Å². The van der Waals surface area contributed by atoms with Crippen molar-refractivity contribution in [2.24, 2.45) is 5.92 Å². The molecular formula is C34H46ClN3O9S. The number of alkyl carbamates (subject to hydrolysis) is 1. The number of carbonyl (C=O) groups is 4. The van der Waals surface area contributed by atoms with Crippen LogP contribution in [0, 0.1) is 5.92 Å². The van der Waals surface area contributed by atoms with Gasteiger partial charge in [-0.1, -0.05) is 42.3 Å². The van der Waals surface area contributed by atoms with Crippen LogP contribution in [0.25, 0.3) is 0 Å². The quantitative estimate of drug-likeness (QED) is 0.258. The number of thiol groups is 1. The zero-order valence-corrected chi connectivity index (χ0v) is 30.5. The molecule has 3 aliphatic heterocycles. The number of carbonyl (C=O) groups excluding carboxylic acids is 4. The van der Waals surface area contributed by atoms with Gasteiger partial charge in [-0.25, -0.2) is 9.59 Å². The van der Waals surface area contributed by atoms with Gasteiger partial charge in [0.15, 0.2) is 0 Å². The Morgan fingerprint density at radius 2 is 1.94 bits per heavy atom. The van der Waals surface area contributed by atoms with Gasteiger partial charge in [0.1, 0.15) is 45.6 Å². The third-order valence-electron chi connectivity index (χ3n) is 9.63. The number of rotatable bonds is 5. The van der Waals surface area contributed by atoms with Gasteiger partial charge >= 0.3 is 12.1 Å². The van der Waals surface area contributed by atoms with Crippen LogP contribution in [0.15, 0.2) is 35.9 Å². The summed E-state index contributed by atoms with van der Waals surface area (Å²) in [7, 11) is 6.13. The van der Waals surface area contributed by atoms with E-state index in [9.17, 15) is 19.2 Å². The average Bonchev–Trinajstić information content (AvgIpc) is 3.73. The number of esters is 1. The molecule has 1 aromatic rings. The second kappa shape index (κ2) is 14.7. The molecule has 8 atom stereocenters. The summed E-state index contributed by atoms with van der Waals surface area (Å²) in [6.45, 7) is 8.48. The number of likely N-dealkylation sites (N-methyl/N-ethyl adjacent to an activating group) is 1. The van der Waals surface area contributed by atoms with Gasteiger partial charge < -0.3 is 38.8 Å². The Morgan fingerprint density at radius 3 is 2.56 bits per heavy atom. The van der Waals surface area contributed by atoms with Gasteiger partial charge in [0.05, 0.1) is 25.3 Å². The summed E-state index contributed by atoms with van der Waals surface area (Å²) in [6.07, 6.45) is 2.54. The first-order chi connectivity index (χ1) is 22.4. The Balaban J connectivity index is 1.80. The molecule has 2 saturated heterocycles. The predicted octanol–water partition coefficient (Wildman–Crippen LogP) is 4.47. The van der Waals surface area contributed by atoms with E-state index in [2.05, 4.69) is 5.32 Å². The van der Waals surface area contributed by atoms with Gasteiger partial charge in [0.2, 0.25) is 11.8 Å². The smallest absolute Gasteiger partial charge is 0.408 e. The molecule has 264 valence electrons. The molecular weight excluding hydrogens is 662 g/mol. The highest BCUT2D eigenvalue weighted by Gasteiger charge is 2.64. The van der Waals surface area contributed by atoms with E-state index in [-0.39, 0.29) is 23.8 Å². The van der Waals surface area contributed by atoms with Crippen LogP contribution in [0.3, 0.4) is 0 Å². The predicted molar refractivity (Wildman–Crippen MR) is 183 cm³/mol. The number of ether oxygens (including phenoxy) is 5. The zero-order valence-electron chi connectivity index (χ0n) is 28.9. The Kier molecular flexibility index (Phi) is 11.5. The van der Waals surface area contributed by atoms with E-state index in [0.717, 1.165) is 11.1 Å². The van der Waals surface area contributed by atoms with Crippen molar-refractivity contribution in [2.45, 2.75) is 94.8 Å². The van der Waals surface area contributed by atoms with E-state index >= 15 is 0 Å². The number of hydrogen-bond donors (Lipinski definition) is 2. The number of epoxide rings is 1. The summed E-state index contributed by atoms with van der Waals surface area (Å²) in [5.74, 6) is -1.43. The fraction of sp³-hybridized carbons (Fsp3) is 0.588. The van der Waals surface area contributed by atoms with Crippen LogP contribution in [0.2, 0.25) is 5.02 Å². The molecule has 3 amide bonds. The van der Waals surface area contributed by atoms with Gasteiger partial charge in [0.25, 0.3) is 0 Å². The van der Waals surface area contributed by atoms with Gasteiger partial charge in [-0.2, -0.15) is 0 Å². The summed E-state index contributed by atoms with van der Waals surface area (Å²) in [6, 6.07) is 2.71. The normalized spacial score (nSPS) is 33.2. The van der Waals surface area contributed by atoms with Crippen molar-refractivity contribution < 1.29 is 42.9 Å². The first kappa shape index (κ1) is 37.6. The maximum Gasteiger partial charge on any atom is 0.408 e. The lowest BCUT2D eigenvalue weighted by atomic mass is 9.84. The molecule has 0 aliphatic carbocycles. The lowest BCUT2D eigenvalue weighted by molar-refractivity contribution is -0.161. The van der Waals surface area contributed by atoms with E-state index < -0.39 is 64.8 Å². The van der Waals surface area contributed by atoms with Crippen LogP contribution in [-0.4, -0.2) is 98.0 Å². The number of nitrogens with one attached hydrogen (secondary N) is 1. The monoisotopic (exact) mass is 707 g/mol. The van der Waals surface area contributed by atoms with Crippen LogP contribution in [0.4, 0.5) is 10.5 Å². The van der Waals surface area contributed by atoms with E-state index in [1.165, 1.54) is 30.9 Å². The highest BCUT2D eigenvalue weighted by Crippen LogP contribution is 2.49. The minimum absolute atomic E-state index is 0.249. The number of fused-ring (bicyclic) bond motifs is 5. The van der Waals surface area contributed by atoms with E-state index in [1.807, 2.05) is 44.2 Å². The molecule has 0 saturated carbocycles. The molecule has 14 heteroatoms. The third-order valence-corrected chi connectivity index (χ3v) is 10.6. The molecule has 2 unspecified atom stereocenters. The Hall–Kier alpha value is -3.26. The molecule has 4 rings (SSSR count). The van der Waals surface area contributed by atoms with Crippen LogP contribution < -0.4 is 15.0 Å². The maximum absolute atomic E-state index is 14.0. The van der Waals surface area contributed by atoms with Crippen LogP contribution in [0.1, 0.15) is 53.0 Å². The summed E-state index contributed by atoms with van der Waals surface area (Å²) >= 11 is 11.6. The van der Waals surface area contributed by atoms with Crippen molar-refractivity contribution in [2.75, 3.05) is 33.2 Å². The second-order valence-corrected chi connectivity index (χ2v) is 14.2. The number of nitrogens with zero attached hydrogens (tertiary/aromatic N) is 2. The van der Waals surface area contributed by atoms with E-state index in [1.54, 1.807) is 28.0 Å². The number of hydrogen-bond acceptors (Lipinski definition) is 10. The van der Waals surface area contributed by atoms with Crippen molar-refractivity contribution in [3.05, 3.63) is 46.5 Å². The molecule has 3 heterocycles. The van der Waals surface area contributed by atoms with Crippen molar-refractivity contribution >= 4 is 53.8 Å². The standard InChI is InChI=1S/C34H46ClN3O9S/c1-18-11-10-12-26(44-9)34(48)17-25(45-32(42)36-34)19(2)30-33(5,47-30)27(46-31(41)20(3)37(6)21(4)39)16-28(40)38(7)23-14-22(13-18)15-24(43-8)29(23)35/h10-12,14-15,19-20,25-27,30,48H,13,16-17H2,1-9H3,(H,36,42)/b12-10+,18-11+/t19-,20+,25+,26?,27+,30+,33+,34?/m1/s1. The van der Waals surface area contributed by atoms with Gasteiger partial charge in [0, 0.05) is 40.5 Å². The van der Waals surface area contributed by atoms with Crippen molar-refractivity contribution in [1.29, 1.82) is 0 Å². The number of allylic oxidation sites excluding steroid dienone is 3. The molecule has 0 spiro atoms. The summed E-state index contributed by atoms with van der Waals surface area (Å²) in [5.41, 5.74) is 1.11. The van der Waals surface area contributed by atoms with Crippen molar-refractivity contribution in [3.8, 4) is 5.75 Å². The Labute approximate surface area is 292 Å². The molecule has 1 aromatic carbocycles. The van der Waals surface area contributed by atoms with E-state index in [0.29, 0.717) is 17.9 Å². The van der Waals surface area contributed by atoms with Gasteiger partial charge in [-0.05, 0) is 44.9 Å². The van der Waals surface area contributed by atoms with Gasteiger partial charge in [-0.3, -0.25) is 9.59 Å². The molecule has 0 radical (unpaired) electrons. The fourth-order valence-electron chi connectivity index (χ4n) is 6.27. The SMILES string of the molecule is COc1cc2cc(c1Cl)N(C)C(=O)C[C@H](OC(=O)[C@H](C)N(C)C(C)=O)[C@]1(C)O[C@H]1[C@H](C)[C@@H]1CC(S)(NC(=O)O1)C(OC)/C=C/C=C(\C)C2. The van der Waals surface area contributed by atoms with Gasteiger partial charge in [-0.15, -0.1) is 12.6 Å². The minimum atomic E-state index is -1.13. The molecule has 1 N–H and O–H groups in total. The maximum atomic E-state index is 14.0. The lowest BCUT2D eigenvalue weighted by Gasteiger charge is -2.42. The van der Waals surface area contributed by atoms with Crippen molar-refractivity contribution in [3.63, 3.8) is 0 Å². The molecule has 2 fully saturated rings. The number of halogens is 1. The molecule has 0 aromatic heterocycles. The number of anilines is 1. The zero-order chi connectivity index (χ0) is 35.7. The summed E-state index contributed by atoms with van der Waals surface area (Å²) in [5, 5.41) is 3.06. The third kappa shape index (κ3) is 7.79. The highest BCUT2D eigenvalue weighted by atomic mass is 35.5. The summed E-state index contributed by atoms with van der Waals surface area (Å²) < 4.78 is 29.3. The largest absolute Gasteiger partial charge is 0.495 e.